The van der Waals surface area contributed by atoms with E-state index in [-0.39, 0.29) is 18.6 Å². The van der Waals surface area contributed by atoms with Gasteiger partial charge in [-0.2, -0.15) is 0 Å². The molecule has 1 aliphatic carbocycles. The van der Waals surface area contributed by atoms with E-state index in [2.05, 4.69) is 11.1 Å². The van der Waals surface area contributed by atoms with Gasteiger partial charge in [0.25, 0.3) is 0 Å². The Balaban J connectivity index is 1.74. The lowest BCUT2D eigenvalue weighted by Gasteiger charge is -2.35. The van der Waals surface area contributed by atoms with Crippen molar-refractivity contribution in [3.05, 3.63) is 29.4 Å². The summed E-state index contributed by atoms with van der Waals surface area (Å²) in [5, 5.41) is 9.63. The highest BCUT2D eigenvalue weighted by Crippen LogP contribution is 2.26. The van der Waals surface area contributed by atoms with E-state index < -0.39 is 0 Å². The fraction of sp³-hybridized carbons (Fsp3) is 0.625. The minimum absolute atomic E-state index is 0.00933. The van der Waals surface area contributed by atoms with Crippen molar-refractivity contribution in [3.8, 4) is 0 Å². The number of imidazole rings is 1. The molecule has 1 aliphatic heterocycles. The van der Waals surface area contributed by atoms with E-state index in [0.717, 1.165) is 24.2 Å². The molecular formula is C16H23N3O2. The second-order valence-electron chi connectivity index (χ2n) is 6.10. The van der Waals surface area contributed by atoms with Crippen LogP contribution in [0.2, 0.25) is 0 Å². The van der Waals surface area contributed by atoms with Crippen LogP contribution in [0.4, 0.5) is 0 Å². The molecule has 0 saturated heterocycles. The van der Waals surface area contributed by atoms with Gasteiger partial charge in [0.1, 0.15) is 0 Å². The Morgan fingerprint density at radius 3 is 3.05 bits per heavy atom. The van der Waals surface area contributed by atoms with Gasteiger partial charge in [-0.3, -0.25) is 4.79 Å². The van der Waals surface area contributed by atoms with E-state index in [0.29, 0.717) is 19.4 Å². The molecule has 0 spiro atoms. The molecule has 2 aliphatic rings. The number of hydrogen-bond donors (Lipinski definition) is 1. The molecule has 1 aromatic heterocycles. The van der Waals surface area contributed by atoms with Crippen molar-refractivity contribution >= 4 is 5.91 Å². The van der Waals surface area contributed by atoms with Gasteiger partial charge in [0.05, 0.1) is 31.2 Å². The summed E-state index contributed by atoms with van der Waals surface area (Å²) in [7, 11) is 1.96. The number of carbonyl (C=O) groups is 1. The fourth-order valence-corrected chi connectivity index (χ4v) is 3.34. The molecule has 114 valence electrons. The van der Waals surface area contributed by atoms with Crippen molar-refractivity contribution in [2.75, 3.05) is 6.61 Å². The first-order valence-corrected chi connectivity index (χ1v) is 7.76. The lowest BCUT2D eigenvalue weighted by molar-refractivity contribution is -0.135. The molecule has 0 radical (unpaired) electrons. The number of nitrogens with zero attached hydrogens (tertiary/aromatic N) is 3. The first-order chi connectivity index (χ1) is 10.2. The highest BCUT2D eigenvalue weighted by atomic mass is 16.3. The maximum absolute atomic E-state index is 12.6. The van der Waals surface area contributed by atoms with Crippen LogP contribution in [-0.2, 0) is 24.8 Å². The highest BCUT2D eigenvalue weighted by molar-refractivity contribution is 5.79. The topological polar surface area (TPSA) is 58.4 Å². The maximum Gasteiger partial charge on any atom is 0.227 e. The average molecular weight is 289 g/mol. The molecule has 0 aromatic carbocycles. The van der Waals surface area contributed by atoms with Crippen LogP contribution in [0, 0.1) is 0 Å². The summed E-state index contributed by atoms with van der Waals surface area (Å²) in [5.41, 5.74) is 3.36. The number of aryl methyl sites for hydroxylation is 1. The minimum Gasteiger partial charge on any atom is -0.394 e. The molecule has 1 aromatic rings. The molecular weight excluding hydrogens is 266 g/mol. The van der Waals surface area contributed by atoms with Crippen LogP contribution in [0.15, 0.2) is 18.0 Å². The van der Waals surface area contributed by atoms with E-state index in [1.54, 1.807) is 6.33 Å². The van der Waals surface area contributed by atoms with Crippen LogP contribution < -0.4 is 0 Å². The van der Waals surface area contributed by atoms with Crippen LogP contribution in [0.25, 0.3) is 0 Å². The standard InChI is InChI=1S/C16H23N3O2/c1-18-11-17-14-9-19(13(10-20)8-15(14)18)16(21)7-12-5-3-2-4-6-12/h5,11,13,20H,2-4,6-10H2,1H3/t13-/m0/s1. The van der Waals surface area contributed by atoms with Gasteiger partial charge in [-0.1, -0.05) is 11.6 Å². The Morgan fingerprint density at radius 2 is 2.33 bits per heavy atom. The van der Waals surface area contributed by atoms with Gasteiger partial charge in [-0.15, -0.1) is 0 Å². The summed E-state index contributed by atoms with van der Waals surface area (Å²) in [6.07, 6.45) is 9.74. The monoisotopic (exact) mass is 289 g/mol. The fourth-order valence-electron chi connectivity index (χ4n) is 3.34. The minimum atomic E-state index is -0.121. The molecule has 0 bridgehead atoms. The van der Waals surface area contributed by atoms with Gasteiger partial charge in [0, 0.05) is 25.6 Å². The molecule has 1 atom stereocenters. The zero-order valence-electron chi connectivity index (χ0n) is 12.6. The van der Waals surface area contributed by atoms with Crippen LogP contribution >= 0.6 is 0 Å². The van der Waals surface area contributed by atoms with E-state index in [4.69, 9.17) is 0 Å². The van der Waals surface area contributed by atoms with Crippen molar-refractivity contribution in [2.24, 2.45) is 7.05 Å². The number of aliphatic hydroxyl groups excluding tert-OH is 1. The van der Waals surface area contributed by atoms with Gasteiger partial charge in [-0.25, -0.2) is 4.98 Å². The van der Waals surface area contributed by atoms with Crippen molar-refractivity contribution in [2.45, 2.75) is 51.1 Å². The molecule has 5 heteroatoms. The van der Waals surface area contributed by atoms with Crippen molar-refractivity contribution in [1.82, 2.24) is 14.5 Å². The third kappa shape index (κ3) is 2.88. The molecule has 3 rings (SSSR count). The molecule has 2 heterocycles. The van der Waals surface area contributed by atoms with Crippen LogP contribution in [0.5, 0.6) is 0 Å². The number of rotatable bonds is 3. The lowest BCUT2D eigenvalue weighted by atomic mass is 9.95. The van der Waals surface area contributed by atoms with E-state index >= 15 is 0 Å². The largest absolute Gasteiger partial charge is 0.394 e. The zero-order chi connectivity index (χ0) is 14.8. The summed E-state index contributed by atoms with van der Waals surface area (Å²) >= 11 is 0. The number of carbonyl (C=O) groups excluding carboxylic acids is 1. The number of fused-ring (bicyclic) bond motifs is 1. The summed E-state index contributed by atoms with van der Waals surface area (Å²) in [6.45, 7) is 0.531. The van der Waals surface area contributed by atoms with E-state index in [1.807, 2.05) is 16.5 Å². The van der Waals surface area contributed by atoms with Crippen molar-refractivity contribution in [1.29, 1.82) is 0 Å². The first-order valence-electron chi connectivity index (χ1n) is 7.76. The average Bonchev–Trinajstić information content (AvgIpc) is 2.87. The summed E-state index contributed by atoms with van der Waals surface area (Å²) in [4.78, 5) is 18.8. The lowest BCUT2D eigenvalue weighted by Crippen LogP contribution is -2.46. The van der Waals surface area contributed by atoms with E-state index in [9.17, 15) is 9.90 Å². The second kappa shape index (κ2) is 6.02. The molecule has 5 nitrogen and oxygen atoms in total. The number of aliphatic hydroxyl groups is 1. The van der Waals surface area contributed by atoms with Gasteiger partial charge in [0.2, 0.25) is 5.91 Å². The number of hydrogen-bond acceptors (Lipinski definition) is 3. The van der Waals surface area contributed by atoms with Gasteiger partial charge in [0.15, 0.2) is 0 Å². The number of allylic oxidation sites excluding steroid dienone is 1. The third-order valence-electron chi connectivity index (χ3n) is 4.63. The Labute approximate surface area is 125 Å². The SMILES string of the molecule is Cn1cnc2c1C[C@@H](CO)N(C(=O)CC1=CCCCC1)C2. The number of amides is 1. The zero-order valence-corrected chi connectivity index (χ0v) is 12.6. The van der Waals surface area contributed by atoms with Gasteiger partial charge >= 0.3 is 0 Å². The molecule has 0 unspecified atom stereocenters. The quantitative estimate of drug-likeness (QED) is 0.859. The normalized spacial score (nSPS) is 21.9. The smallest absolute Gasteiger partial charge is 0.227 e. The predicted octanol–water partition coefficient (Wildman–Crippen LogP) is 1.56. The second-order valence-corrected chi connectivity index (χ2v) is 6.10. The van der Waals surface area contributed by atoms with Gasteiger partial charge in [-0.05, 0) is 25.7 Å². The summed E-state index contributed by atoms with van der Waals surface area (Å²) in [5.74, 6) is 0.124. The molecule has 0 saturated carbocycles. The van der Waals surface area contributed by atoms with Crippen LogP contribution in [0.3, 0.4) is 0 Å². The van der Waals surface area contributed by atoms with E-state index in [1.165, 1.54) is 18.4 Å². The Kier molecular flexibility index (Phi) is 4.10. The summed E-state index contributed by atoms with van der Waals surface area (Å²) in [6, 6.07) is -0.121. The molecule has 1 N–H and O–H groups in total. The molecule has 1 amide bonds. The Bertz CT molecular complexity index is 562. The highest BCUT2D eigenvalue weighted by Gasteiger charge is 2.31. The Hall–Kier alpha value is -1.62. The number of aromatic nitrogens is 2. The molecule has 21 heavy (non-hydrogen) atoms. The van der Waals surface area contributed by atoms with Crippen molar-refractivity contribution in [3.63, 3.8) is 0 Å². The Morgan fingerprint density at radius 1 is 1.48 bits per heavy atom. The predicted molar refractivity (Wildman–Crippen MR) is 79.5 cm³/mol. The molecule has 0 fully saturated rings. The van der Waals surface area contributed by atoms with Crippen LogP contribution in [0.1, 0.15) is 43.5 Å². The van der Waals surface area contributed by atoms with Crippen molar-refractivity contribution < 1.29 is 9.90 Å². The van der Waals surface area contributed by atoms with Gasteiger partial charge < -0.3 is 14.6 Å². The summed E-state index contributed by atoms with van der Waals surface area (Å²) < 4.78 is 1.99. The third-order valence-corrected chi connectivity index (χ3v) is 4.63. The maximum atomic E-state index is 12.6. The van der Waals surface area contributed by atoms with Crippen LogP contribution in [-0.4, -0.2) is 38.1 Å². The first kappa shape index (κ1) is 14.3.